The summed E-state index contributed by atoms with van der Waals surface area (Å²) in [6, 6.07) is 11.4. The van der Waals surface area contributed by atoms with Crippen molar-refractivity contribution in [2.24, 2.45) is 5.92 Å². The Labute approximate surface area is 188 Å². The molecule has 2 N–H and O–H groups in total. The molecule has 1 unspecified atom stereocenters. The third kappa shape index (κ3) is 5.63. The maximum atomic E-state index is 14.8. The van der Waals surface area contributed by atoms with Crippen LogP contribution in [0.1, 0.15) is 25.7 Å². The second-order valence-electron chi connectivity index (χ2n) is 8.62. The summed E-state index contributed by atoms with van der Waals surface area (Å²) in [5.41, 5.74) is 1.85. The summed E-state index contributed by atoms with van der Waals surface area (Å²) < 4.78 is 61.9. The number of benzene rings is 2. The number of hydrogen-bond donors (Lipinski definition) is 2. The second kappa shape index (κ2) is 9.80. The quantitative estimate of drug-likeness (QED) is 0.579. The van der Waals surface area contributed by atoms with Crippen molar-refractivity contribution in [3.63, 3.8) is 0 Å². The first kappa shape index (κ1) is 23.1. The van der Waals surface area contributed by atoms with E-state index in [4.69, 9.17) is 4.55 Å². The van der Waals surface area contributed by atoms with Crippen LogP contribution in [0.3, 0.4) is 0 Å². The summed E-state index contributed by atoms with van der Waals surface area (Å²) in [5.74, 6) is -2.41. The van der Waals surface area contributed by atoms with Crippen LogP contribution in [0.25, 0.3) is 0 Å². The number of alkyl halides is 2. The summed E-state index contributed by atoms with van der Waals surface area (Å²) in [7, 11) is 0. The minimum atomic E-state index is -2.52. The lowest BCUT2D eigenvalue weighted by atomic mass is 9.94. The number of likely N-dealkylation sites (tertiary alicyclic amines) is 1. The lowest BCUT2D eigenvalue weighted by Gasteiger charge is -2.38. The van der Waals surface area contributed by atoms with Gasteiger partial charge in [-0.25, -0.2) is 17.4 Å². The van der Waals surface area contributed by atoms with Gasteiger partial charge in [-0.05, 0) is 55.2 Å². The lowest BCUT2D eigenvalue weighted by molar-refractivity contribution is -0.0577. The van der Waals surface area contributed by atoms with Gasteiger partial charge in [-0.2, -0.15) is 0 Å². The van der Waals surface area contributed by atoms with Gasteiger partial charge < -0.3 is 19.7 Å². The molecule has 4 rings (SSSR count). The van der Waals surface area contributed by atoms with Crippen molar-refractivity contribution in [1.82, 2.24) is 4.90 Å². The molecule has 0 aliphatic carbocycles. The van der Waals surface area contributed by atoms with Gasteiger partial charge in [-0.15, -0.1) is 0 Å². The highest BCUT2D eigenvalue weighted by Gasteiger charge is 2.35. The van der Waals surface area contributed by atoms with Gasteiger partial charge in [0.1, 0.15) is 5.82 Å². The highest BCUT2D eigenvalue weighted by atomic mass is 32.2. The van der Waals surface area contributed by atoms with E-state index in [2.05, 4.69) is 10.2 Å². The molecule has 2 aliphatic rings. The van der Waals surface area contributed by atoms with Crippen LogP contribution >= 0.6 is 0 Å². The van der Waals surface area contributed by atoms with Gasteiger partial charge in [0, 0.05) is 51.3 Å². The van der Waals surface area contributed by atoms with Crippen LogP contribution in [0.2, 0.25) is 0 Å². The first-order chi connectivity index (χ1) is 15.3. The molecule has 9 heteroatoms. The molecule has 1 atom stereocenters. The molecular weight excluding hydrogens is 439 g/mol. The zero-order valence-electron chi connectivity index (χ0n) is 17.8. The number of halogens is 3. The van der Waals surface area contributed by atoms with Crippen LogP contribution in [0.15, 0.2) is 47.4 Å². The maximum Gasteiger partial charge on any atom is 0.250 e. The van der Waals surface area contributed by atoms with Crippen LogP contribution in [-0.2, 0) is 11.1 Å². The largest absolute Gasteiger partial charge is 0.367 e. The minimum absolute atomic E-state index is 0.0642. The van der Waals surface area contributed by atoms with Gasteiger partial charge >= 0.3 is 0 Å². The summed E-state index contributed by atoms with van der Waals surface area (Å²) in [6.45, 7) is 3.11. The molecule has 0 bridgehead atoms. The number of anilines is 3. The van der Waals surface area contributed by atoms with Crippen LogP contribution in [0, 0.1) is 11.7 Å². The molecule has 2 saturated heterocycles. The molecular formula is C23H28F3N3O2S. The lowest BCUT2D eigenvalue weighted by Crippen LogP contribution is -2.44. The molecule has 0 amide bonds. The van der Waals surface area contributed by atoms with E-state index in [1.165, 1.54) is 6.07 Å². The van der Waals surface area contributed by atoms with Crippen molar-refractivity contribution < 1.29 is 21.9 Å². The molecule has 0 saturated carbocycles. The molecule has 0 radical (unpaired) electrons. The van der Waals surface area contributed by atoms with Crippen molar-refractivity contribution in [1.29, 1.82) is 0 Å². The van der Waals surface area contributed by atoms with E-state index in [-0.39, 0.29) is 18.7 Å². The van der Waals surface area contributed by atoms with E-state index in [1.54, 1.807) is 30.3 Å². The van der Waals surface area contributed by atoms with Gasteiger partial charge in [0.25, 0.3) is 5.92 Å². The van der Waals surface area contributed by atoms with E-state index in [9.17, 15) is 17.4 Å². The Balaban J connectivity index is 1.38. The molecule has 2 aromatic rings. The Hall–Kier alpha value is -2.10. The van der Waals surface area contributed by atoms with Gasteiger partial charge in [-0.1, -0.05) is 6.07 Å². The van der Waals surface area contributed by atoms with E-state index >= 15 is 0 Å². The highest BCUT2D eigenvalue weighted by molar-refractivity contribution is 7.79. The first-order valence-electron chi connectivity index (χ1n) is 10.9. The fourth-order valence-electron chi connectivity index (χ4n) is 4.51. The zero-order chi connectivity index (χ0) is 22.7. The fraction of sp³-hybridized carbons (Fsp3) is 0.478. The normalized spacial score (nSPS) is 20.8. The van der Waals surface area contributed by atoms with Crippen molar-refractivity contribution in [3.05, 3.63) is 48.3 Å². The predicted molar refractivity (Wildman–Crippen MR) is 121 cm³/mol. The van der Waals surface area contributed by atoms with Gasteiger partial charge in [0.15, 0.2) is 11.1 Å². The van der Waals surface area contributed by atoms with Crippen molar-refractivity contribution in [2.75, 3.05) is 42.9 Å². The maximum absolute atomic E-state index is 14.8. The molecule has 2 heterocycles. The molecule has 174 valence electrons. The Kier molecular flexibility index (Phi) is 7.07. The molecule has 2 aromatic carbocycles. The minimum Gasteiger partial charge on any atom is -0.367 e. The molecule has 2 aliphatic heterocycles. The topological polar surface area (TPSA) is 55.8 Å². The van der Waals surface area contributed by atoms with Gasteiger partial charge in [0.2, 0.25) is 0 Å². The predicted octanol–water partition coefficient (Wildman–Crippen LogP) is 5.10. The third-order valence-corrected chi connectivity index (χ3v) is 7.03. The molecule has 5 nitrogen and oxygen atoms in total. The van der Waals surface area contributed by atoms with Crippen molar-refractivity contribution >= 4 is 28.1 Å². The highest BCUT2D eigenvalue weighted by Crippen LogP contribution is 2.35. The van der Waals surface area contributed by atoms with Crippen LogP contribution in [0.5, 0.6) is 0 Å². The SMILES string of the molecule is O=S(O)c1ccc(Nc2cccc(F)c2N2CCC(CN3CCC(F)(F)CC3)CC2)cc1. The molecule has 0 spiro atoms. The summed E-state index contributed by atoms with van der Waals surface area (Å²) >= 11 is -2.04. The number of hydrogen-bond acceptors (Lipinski definition) is 4. The molecule has 2 fully saturated rings. The number of nitrogens with one attached hydrogen (secondary N) is 1. The van der Waals surface area contributed by atoms with Crippen LogP contribution < -0.4 is 10.2 Å². The Morgan fingerprint density at radius 2 is 1.69 bits per heavy atom. The van der Waals surface area contributed by atoms with E-state index in [0.717, 1.165) is 19.4 Å². The smallest absolute Gasteiger partial charge is 0.250 e. The number of rotatable bonds is 6. The van der Waals surface area contributed by atoms with Crippen molar-refractivity contribution in [3.8, 4) is 0 Å². The summed E-state index contributed by atoms with van der Waals surface area (Å²) in [4.78, 5) is 4.47. The Morgan fingerprint density at radius 3 is 2.31 bits per heavy atom. The zero-order valence-corrected chi connectivity index (χ0v) is 18.6. The Bertz CT molecular complexity index is 940. The van der Waals surface area contributed by atoms with Crippen molar-refractivity contribution in [2.45, 2.75) is 36.5 Å². The van der Waals surface area contributed by atoms with E-state index in [1.807, 2.05) is 11.0 Å². The standard InChI is InChI=1S/C23H28F3N3O2S/c24-20-2-1-3-21(27-18-4-6-19(7-5-18)32(30)31)22(20)29-12-8-17(9-13-29)16-28-14-10-23(25,26)11-15-28/h1-7,17,27H,8-16H2,(H,30,31). The first-order valence-corrected chi connectivity index (χ1v) is 12.0. The summed E-state index contributed by atoms with van der Waals surface area (Å²) in [5, 5.41) is 3.22. The molecule has 32 heavy (non-hydrogen) atoms. The number of para-hydroxylation sites is 1. The fourth-order valence-corrected chi connectivity index (χ4v) is 4.88. The molecule has 0 aromatic heterocycles. The van der Waals surface area contributed by atoms with Crippen LogP contribution in [-0.4, -0.2) is 52.3 Å². The summed E-state index contributed by atoms with van der Waals surface area (Å²) in [6.07, 6.45) is 1.64. The van der Waals surface area contributed by atoms with E-state index in [0.29, 0.717) is 54.1 Å². The van der Waals surface area contributed by atoms with E-state index < -0.39 is 17.0 Å². The number of nitrogens with zero attached hydrogens (tertiary/aromatic N) is 2. The monoisotopic (exact) mass is 467 g/mol. The number of piperidine rings is 2. The Morgan fingerprint density at radius 1 is 1.03 bits per heavy atom. The average Bonchev–Trinajstić information content (AvgIpc) is 2.77. The van der Waals surface area contributed by atoms with Gasteiger partial charge in [-0.3, -0.25) is 0 Å². The second-order valence-corrected chi connectivity index (χ2v) is 9.59. The average molecular weight is 468 g/mol. The third-order valence-electron chi connectivity index (χ3n) is 6.36. The van der Waals surface area contributed by atoms with Gasteiger partial charge in [0.05, 0.1) is 16.3 Å². The van der Waals surface area contributed by atoms with Crippen LogP contribution in [0.4, 0.5) is 30.2 Å².